The van der Waals surface area contributed by atoms with Crippen molar-refractivity contribution in [3.63, 3.8) is 0 Å². The second-order valence-corrected chi connectivity index (χ2v) is 6.50. The van der Waals surface area contributed by atoms with Gasteiger partial charge in [-0.2, -0.15) is 0 Å². The zero-order chi connectivity index (χ0) is 17.9. The standard InChI is InChI=1S/C20H21FN2O3/c21-15-3-1-13(2-4-15)5-8-22-20(24)23-12-17-16-7-10-25-18(16)11-14-6-9-26-19(14)17/h1-4,11H,5-10,12H2,(H2,22,23,24). The molecule has 0 saturated heterocycles. The Morgan fingerprint density at radius 1 is 1.08 bits per heavy atom. The number of nitrogens with one attached hydrogen (secondary N) is 2. The van der Waals surface area contributed by atoms with Gasteiger partial charge in [0.05, 0.1) is 13.2 Å². The smallest absolute Gasteiger partial charge is 0.315 e. The van der Waals surface area contributed by atoms with Crippen molar-refractivity contribution in [3.8, 4) is 11.5 Å². The molecule has 2 aliphatic heterocycles. The van der Waals surface area contributed by atoms with Gasteiger partial charge in [0.15, 0.2) is 0 Å². The van der Waals surface area contributed by atoms with Crippen LogP contribution < -0.4 is 20.1 Å². The molecule has 0 atom stereocenters. The lowest BCUT2D eigenvalue weighted by Gasteiger charge is -2.14. The highest BCUT2D eigenvalue weighted by Crippen LogP contribution is 2.40. The molecule has 2 heterocycles. The Labute approximate surface area is 151 Å². The minimum atomic E-state index is -0.256. The van der Waals surface area contributed by atoms with Crippen LogP contribution in [0.25, 0.3) is 0 Å². The lowest BCUT2D eigenvalue weighted by Crippen LogP contribution is -2.36. The maximum atomic E-state index is 12.9. The van der Waals surface area contributed by atoms with Crippen LogP contribution in [0.1, 0.15) is 22.3 Å². The zero-order valence-electron chi connectivity index (χ0n) is 14.4. The lowest BCUT2D eigenvalue weighted by molar-refractivity contribution is 0.240. The molecule has 0 radical (unpaired) electrons. The molecular weight excluding hydrogens is 335 g/mol. The molecule has 0 aliphatic carbocycles. The average molecular weight is 356 g/mol. The van der Waals surface area contributed by atoms with E-state index in [1.807, 2.05) is 0 Å². The fourth-order valence-electron chi connectivity index (χ4n) is 3.47. The quantitative estimate of drug-likeness (QED) is 0.866. The van der Waals surface area contributed by atoms with Crippen LogP contribution in [-0.2, 0) is 25.8 Å². The third-order valence-electron chi connectivity index (χ3n) is 4.80. The Bertz CT molecular complexity index is 789. The maximum absolute atomic E-state index is 12.9. The van der Waals surface area contributed by atoms with Crippen molar-refractivity contribution in [2.75, 3.05) is 19.8 Å². The Hall–Kier alpha value is -2.76. The first-order chi connectivity index (χ1) is 12.7. The second kappa shape index (κ2) is 7.23. The summed E-state index contributed by atoms with van der Waals surface area (Å²) in [5, 5.41) is 5.74. The van der Waals surface area contributed by atoms with E-state index in [0.29, 0.717) is 32.7 Å². The molecule has 2 amide bonds. The van der Waals surface area contributed by atoms with Crippen LogP contribution >= 0.6 is 0 Å². The van der Waals surface area contributed by atoms with Crippen molar-refractivity contribution in [1.29, 1.82) is 0 Å². The van der Waals surface area contributed by atoms with E-state index in [9.17, 15) is 9.18 Å². The molecule has 0 saturated carbocycles. The fraction of sp³-hybridized carbons (Fsp3) is 0.350. The van der Waals surface area contributed by atoms with Gasteiger partial charge in [-0.1, -0.05) is 12.1 Å². The summed E-state index contributed by atoms with van der Waals surface area (Å²) in [4.78, 5) is 12.1. The number of benzene rings is 2. The van der Waals surface area contributed by atoms with Crippen molar-refractivity contribution >= 4 is 6.03 Å². The summed E-state index contributed by atoms with van der Waals surface area (Å²) in [6, 6.07) is 8.14. The molecule has 0 fully saturated rings. The molecule has 5 nitrogen and oxygen atoms in total. The van der Waals surface area contributed by atoms with Crippen LogP contribution in [0.2, 0.25) is 0 Å². The zero-order valence-corrected chi connectivity index (χ0v) is 14.4. The minimum Gasteiger partial charge on any atom is -0.493 e. The summed E-state index contributed by atoms with van der Waals surface area (Å²) >= 11 is 0. The van der Waals surface area contributed by atoms with Gasteiger partial charge in [0.2, 0.25) is 0 Å². The first kappa shape index (κ1) is 16.7. The van der Waals surface area contributed by atoms with Gasteiger partial charge >= 0.3 is 6.03 Å². The van der Waals surface area contributed by atoms with Crippen molar-refractivity contribution in [2.45, 2.75) is 25.8 Å². The fourth-order valence-corrected chi connectivity index (χ4v) is 3.47. The predicted molar refractivity (Wildman–Crippen MR) is 95.2 cm³/mol. The van der Waals surface area contributed by atoms with Crippen LogP contribution in [0, 0.1) is 5.82 Å². The van der Waals surface area contributed by atoms with E-state index in [1.165, 1.54) is 12.1 Å². The summed E-state index contributed by atoms with van der Waals surface area (Å²) in [5.74, 6) is 1.57. The van der Waals surface area contributed by atoms with E-state index in [4.69, 9.17) is 9.47 Å². The van der Waals surface area contributed by atoms with E-state index in [0.717, 1.165) is 46.6 Å². The molecule has 26 heavy (non-hydrogen) atoms. The molecule has 136 valence electrons. The Morgan fingerprint density at radius 3 is 2.73 bits per heavy atom. The van der Waals surface area contributed by atoms with Gasteiger partial charge in [-0.15, -0.1) is 0 Å². The van der Waals surface area contributed by atoms with E-state index in [-0.39, 0.29) is 11.8 Å². The number of carbonyl (C=O) groups excluding carboxylic acids is 1. The highest BCUT2D eigenvalue weighted by atomic mass is 19.1. The Kier molecular flexibility index (Phi) is 4.65. The molecule has 6 heteroatoms. The summed E-state index contributed by atoms with van der Waals surface area (Å²) in [6.07, 6.45) is 2.37. The summed E-state index contributed by atoms with van der Waals surface area (Å²) in [6.45, 7) is 2.25. The van der Waals surface area contributed by atoms with E-state index in [2.05, 4.69) is 16.7 Å². The number of hydrogen-bond donors (Lipinski definition) is 2. The largest absolute Gasteiger partial charge is 0.493 e. The molecule has 2 N–H and O–H groups in total. The van der Waals surface area contributed by atoms with Crippen LogP contribution in [-0.4, -0.2) is 25.8 Å². The second-order valence-electron chi connectivity index (χ2n) is 6.50. The summed E-state index contributed by atoms with van der Waals surface area (Å²) in [5.41, 5.74) is 4.30. The predicted octanol–water partition coefficient (Wildman–Crippen LogP) is 2.74. The number of rotatable bonds is 5. The van der Waals surface area contributed by atoms with Gasteiger partial charge in [-0.3, -0.25) is 0 Å². The third kappa shape index (κ3) is 3.45. The summed E-state index contributed by atoms with van der Waals surface area (Å²) < 4.78 is 24.3. The monoisotopic (exact) mass is 356 g/mol. The van der Waals surface area contributed by atoms with Gasteiger partial charge in [-0.05, 0) is 30.2 Å². The van der Waals surface area contributed by atoms with Gasteiger partial charge in [0.1, 0.15) is 17.3 Å². The minimum absolute atomic E-state index is 0.227. The van der Waals surface area contributed by atoms with Gasteiger partial charge in [0.25, 0.3) is 0 Å². The Balaban J connectivity index is 1.33. The molecule has 0 bridgehead atoms. The highest BCUT2D eigenvalue weighted by molar-refractivity contribution is 5.74. The first-order valence-electron chi connectivity index (χ1n) is 8.90. The van der Waals surface area contributed by atoms with Crippen LogP contribution in [0.15, 0.2) is 30.3 Å². The van der Waals surface area contributed by atoms with Crippen molar-refractivity contribution in [2.24, 2.45) is 0 Å². The number of halogens is 1. The van der Waals surface area contributed by atoms with Crippen molar-refractivity contribution in [3.05, 3.63) is 58.4 Å². The van der Waals surface area contributed by atoms with Crippen molar-refractivity contribution < 1.29 is 18.7 Å². The van der Waals surface area contributed by atoms with E-state index < -0.39 is 0 Å². The van der Waals surface area contributed by atoms with Crippen LogP contribution in [0.4, 0.5) is 9.18 Å². The summed E-state index contributed by atoms with van der Waals surface area (Å²) in [7, 11) is 0. The number of urea groups is 1. The maximum Gasteiger partial charge on any atom is 0.315 e. The first-order valence-corrected chi connectivity index (χ1v) is 8.90. The lowest BCUT2D eigenvalue weighted by atomic mass is 9.99. The SMILES string of the molecule is O=C(NCCc1ccc(F)cc1)NCc1c2c(cc3c1OCC3)OCC2. The average Bonchev–Trinajstić information content (AvgIpc) is 3.29. The molecule has 2 aromatic carbocycles. The Morgan fingerprint density at radius 2 is 1.88 bits per heavy atom. The topological polar surface area (TPSA) is 59.6 Å². The van der Waals surface area contributed by atoms with Crippen LogP contribution in [0.5, 0.6) is 11.5 Å². The number of carbonyl (C=O) groups is 1. The highest BCUT2D eigenvalue weighted by Gasteiger charge is 2.26. The molecule has 4 rings (SSSR count). The van der Waals surface area contributed by atoms with E-state index in [1.54, 1.807) is 12.1 Å². The molecule has 0 spiro atoms. The van der Waals surface area contributed by atoms with Crippen LogP contribution in [0.3, 0.4) is 0 Å². The number of amides is 2. The molecule has 2 aliphatic rings. The third-order valence-corrected chi connectivity index (χ3v) is 4.80. The number of hydrogen-bond acceptors (Lipinski definition) is 3. The number of ether oxygens (including phenoxy) is 2. The van der Waals surface area contributed by atoms with Gasteiger partial charge in [0, 0.05) is 42.6 Å². The van der Waals surface area contributed by atoms with Crippen molar-refractivity contribution in [1.82, 2.24) is 10.6 Å². The van der Waals surface area contributed by atoms with E-state index >= 15 is 0 Å². The molecule has 2 aromatic rings. The molecule has 0 aromatic heterocycles. The van der Waals surface area contributed by atoms with Gasteiger partial charge in [-0.25, -0.2) is 9.18 Å². The molecular formula is C20H21FN2O3. The van der Waals surface area contributed by atoms with Gasteiger partial charge < -0.3 is 20.1 Å². The number of fused-ring (bicyclic) bond motifs is 2. The normalized spacial score (nSPS) is 14.2. The molecule has 0 unspecified atom stereocenters.